The molecule has 1 fully saturated rings. The first kappa shape index (κ1) is 20.7. The van der Waals surface area contributed by atoms with E-state index >= 15 is 0 Å². The highest BCUT2D eigenvalue weighted by atomic mass is 79.9. The summed E-state index contributed by atoms with van der Waals surface area (Å²) in [7, 11) is 4.77. The van der Waals surface area contributed by atoms with E-state index in [4.69, 9.17) is 26.4 Å². The van der Waals surface area contributed by atoms with Crippen LogP contribution in [0.25, 0.3) is 6.08 Å². The van der Waals surface area contributed by atoms with Gasteiger partial charge in [0.2, 0.25) is 0 Å². The average molecular weight is 480 g/mol. The van der Waals surface area contributed by atoms with Crippen molar-refractivity contribution in [2.24, 2.45) is 0 Å². The van der Waals surface area contributed by atoms with Gasteiger partial charge in [-0.05, 0) is 41.5 Å². The molecule has 1 aliphatic rings. The number of hydrogen-bond acceptors (Lipinski definition) is 6. The van der Waals surface area contributed by atoms with Gasteiger partial charge in [0.05, 0.1) is 32.8 Å². The molecule has 0 saturated carbocycles. The molecule has 8 heteroatoms. The first-order valence-electron chi connectivity index (χ1n) is 8.26. The molecule has 0 bridgehead atoms. The van der Waals surface area contributed by atoms with E-state index < -0.39 is 0 Å². The maximum atomic E-state index is 12.9. The number of methoxy groups -OCH3 is 3. The van der Waals surface area contributed by atoms with Crippen LogP contribution in [0, 0.1) is 0 Å². The van der Waals surface area contributed by atoms with Gasteiger partial charge in [0.1, 0.15) is 10.1 Å². The van der Waals surface area contributed by atoms with Crippen LogP contribution in [0.4, 0.5) is 0 Å². The number of halogens is 1. The van der Waals surface area contributed by atoms with Crippen LogP contribution in [0.1, 0.15) is 11.1 Å². The summed E-state index contributed by atoms with van der Waals surface area (Å²) < 4.78 is 17.1. The Morgan fingerprint density at radius 1 is 1.07 bits per heavy atom. The van der Waals surface area contributed by atoms with Crippen LogP contribution < -0.4 is 14.2 Å². The molecule has 0 aromatic heterocycles. The molecule has 0 unspecified atom stereocenters. The van der Waals surface area contributed by atoms with E-state index in [0.717, 1.165) is 21.3 Å². The largest absolute Gasteiger partial charge is 0.497 e. The molecule has 0 aliphatic carbocycles. The molecule has 1 heterocycles. The molecule has 1 aliphatic heterocycles. The molecule has 28 heavy (non-hydrogen) atoms. The van der Waals surface area contributed by atoms with Crippen molar-refractivity contribution in [1.82, 2.24) is 4.90 Å². The first-order valence-corrected chi connectivity index (χ1v) is 10.3. The molecule has 1 amide bonds. The normalized spacial score (nSPS) is 15.3. The second-order valence-electron chi connectivity index (χ2n) is 5.84. The molecule has 0 atom stereocenters. The average Bonchev–Trinajstić information content (AvgIpc) is 2.97. The summed E-state index contributed by atoms with van der Waals surface area (Å²) in [5.74, 6) is 1.85. The van der Waals surface area contributed by atoms with E-state index in [9.17, 15) is 4.79 Å². The number of benzene rings is 2. The smallest absolute Gasteiger partial charge is 0.266 e. The highest BCUT2D eigenvalue weighted by molar-refractivity contribution is 9.10. The van der Waals surface area contributed by atoms with E-state index in [0.29, 0.717) is 27.3 Å². The van der Waals surface area contributed by atoms with Gasteiger partial charge in [-0.15, -0.1) is 0 Å². The maximum absolute atomic E-state index is 12.9. The van der Waals surface area contributed by atoms with Crippen molar-refractivity contribution in [3.63, 3.8) is 0 Å². The Labute approximate surface area is 181 Å². The zero-order valence-corrected chi connectivity index (χ0v) is 18.7. The summed E-state index contributed by atoms with van der Waals surface area (Å²) in [6.07, 6.45) is 1.80. The Morgan fingerprint density at radius 2 is 1.71 bits per heavy atom. The summed E-state index contributed by atoms with van der Waals surface area (Å²) in [5.41, 5.74) is 1.79. The predicted octanol–water partition coefficient (Wildman–Crippen LogP) is 4.88. The van der Waals surface area contributed by atoms with Crippen molar-refractivity contribution >= 4 is 56.2 Å². The van der Waals surface area contributed by atoms with E-state index in [-0.39, 0.29) is 5.91 Å². The number of nitrogens with zero attached hydrogens (tertiary/aromatic N) is 1. The predicted molar refractivity (Wildman–Crippen MR) is 119 cm³/mol. The second kappa shape index (κ2) is 8.98. The fourth-order valence-corrected chi connectivity index (χ4v) is 4.35. The Balaban J connectivity index is 1.84. The second-order valence-corrected chi connectivity index (χ2v) is 8.37. The molecule has 5 nitrogen and oxygen atoms in total. The topological polar surface area (TPSA) is 48.0 Å². The lowest BCUT2D eigenvalue weighted by atomic mass is 10.1. The number of thiocarbonyl (C=S) groups is 1. The lowest BCUT2D eigenvalue weighted by Crippen LogP contribution is -2.27. The molecular formula is C20H18BrNO4S2. The lowest BCUT2D eigenvalue weighted by molar-refractivity contribution is -0.122. The van der Waals surface area contributed by atoms with E-state index in [1.807, 2.05) is 36.4 Å². The van der Waals surface area contributed by atoms with Crippen LogP contribution >= 0.6 is 39.9 Å². The third kappa shape index (κ3) is 4.34. The van der Waals surface area contributed by atoms with Crippen molar-refractivity contribution in [2.75, 3.05) is 21.3 Å². The number of thioether (sulfide) groups is 1. The highest BCUT2D eigenvalue weighted by Gasteiger charge is 2.32. The van der Waals surface area contributed by atoms with Gasteiger partial charge in [0, 0.05) is 4.47 Å². The van der Waals surface area contributed by atoms with Crippen LogP contribution in [-0.2, 0) is 11.3 Å². The van der Waals surface area contributed by atoms with Gasteiger partial charge in [0.25, 0.3) is 5.91 Å². The fraction of sp³-hybridized carbons (Fsp3) is 0.200. The summed E-state index contributed by atoms with van der Waals surface area (Å²) in [6.45, 7) is 0.416. The van der Waals surface area contributed by atoms with Gasteiger partial charge < -0.3 is 14.2 Å². The molecule has 146 valence electrons. The third-order valence-electron chi connectivity index (χ3n) is 4.16. The number of carbonyl (C=O) groups is 1. The van der Waals surface area contributed by atoms with Gasteiger partial charge in [-0.25, -0.2) is 0 Å². The Hall–Kier alpha value is -2.03. The standard InChI is InChI=1S/C20H18BrNO4S2/c1-24-14-6-4-12(5-7-14)11-22-19(23)18(28-20(22)27)9-13-8-16(25-2)17(26-3)10-15(13)21/h4-10H,11H2,1-3H3. The van der Waals surface area contributed by atoms with Crippen molar-refractivity contribution in [2.45, 2.75) is 6.54 Å². The monoisotopic (exact) mass is 479 g/mol. The van der Waals surface area contributed by atoms with Crippen LogP contribution in [0.2, 0.25) is 0 Å². The molecule has 2 aromatic rings. The number of rotatable bonds is 6. The summed E-state index contributed by atoms with van der Waals surface area (Å²) in [4.78, 5) is 15.1. The Bertz CT molecular complexity index is 944. The van der Waals surface area contributed by atoms with Crippen molar-refractivity contribution in [1.29, 1.82) is 0 Å². The first-order chi connectivity index (χ1) is 13.5. The molecule has 0 spiro atoms. The Morgan fingerprint density at radius 3 is 2.32 bits per heavy atom. The minimum absolute atomic E-state index is 0.118. The number of ether oxygens (including phenoxy) is 3. The maximum Gasteiger partial charge on any atom is 0.266 e. The van der Waals surface area contributed by atoms with Gasteiger partial charge in [-0.2, -0.15) is 0 Å². The van der Waals surface area contributed by atoms with Crippen LogP contribution in [0.3, 0.4) is 0 Å². The van der Waals surface area contributed by atoms with E-state index in [1.165, 1.54) is 11.8 Å². The zero-order chi connectivity index (χ0) is 20.3. The highest BCUT2D eigenvalue weighted by Crippen LogP contribution is 2.38. The van der Waals surface area contributed by atoms with E-state index in [1.54, 1.807) is 32.3 Å². The van der Waals surface area contributed by atoms with Gasteiger partial charge >= 0.3 is 0 Å². The van der Waals surface area contributed by atoms with Crippen molar-refractivity contribution in [3.05, 3.63) is 56.9 Å². The van der Waals surface area contributed by atoms with Crippen LogP contribution in [0.5, 0.6) is 17.2 Å². The summed E-state index contributed by atoms with van der Waals surface area (Å²) >= 11 is 10.2. The fourth-order valence-electron chi connectivity index (χ4n) is 2.67. The van der Waals surface area contributed by atoms with Crippen LogP contribution in [0.15, 0.2) is 45.8 Å². The molecule has 3 rings (SSSR count). The SMILES string of the molecule is COc1ccc(CN2C(=O)C(=Cc3cc(OC)c(OC)cc3Br)SC2=S)cc1. The number of amides is 1. The number of hydrogen-bond donors (Lipinski definition) is 0. The summed E-state index contributed by atoms with van der Waals surface area (Å²) in [5, 5.41) is 0. The Kier molecular flexibility index (Phi) is 6.64. The quantitative estimate of drug-likeness (QED) is 0.434. The third-order valence-corrected chi connectivity index (χ3v) is 6.23. The van der Waals surface area contributed by atoms with Gasteiger partial charge in [-0.3, -0.25) is 9.69 Å². The number of carbonyl (C=O) groups excluding carboxylic acids is 1. The van der Waals surface area contributed by atoms with E-state index in [2.05, 4.69) is 15.9 Å². The minimum atomic E-state index is -0.118. The summed E-state index contributed by atoms with van der Waals surface area (Å²) in [6, 6.07) is 11.2. The molecule has 0 radical (unpaired) electrons. The van der Waals surface area contributed by atoms with Gasteiger partial charge in [0.15, 0.2) is 11.5 Å². The molecular weight excluding hydrogens is 462 g/mol. The molecule has 2 aromatic carbocycles. The molecule has 0 N–H and O–H groups in total. The van der Waals surface area contributed by atoms with Gasteiger partial charge in [-0.1, -0.05) is 52.0 Å². The van der Waals surface area contributed by atoms with Crippen LogP contribution in [-0.4, -0.2) is 36.5 Å². The zero-order valence-electron chi connectivity index (χ0n) is 15.5. The van der Waals surface area contributed by atoms with Crippen molar-refractivity contribution < 1.29 is 19.0 Å². The molecule has 1 saturated heterocycles. The minimum Gasteiger partial charge on any atom is -0.497 e. The lowest BCUT2D eigenvalue weighted by Gasteiger charge is -2.14. The van der Waals surface area contributed by atoms with Crippen molar-refractivity contribution in [3.8, 4) is 17.2 Å².